The van der Waals surface area contributed by atoms with Crippen LogP contribution in [0.2, 0.25) is 0 Å². The quantitative estimate of drug-likeness (QED) is 0.839. The van der Waals surface area contributed by atoms with Crippen molar-refractivity contribution in [3.63, 3.8) is 0 Å². The number of hydrogen-bond donors (Lipinski definition) is 1. The Morgan fingerprint density at radius 3 is 2.28 bits per heavy atom. The molecule has 18 heavy (non-hydrogen) atoms. The molecule has 0 saturated heterocycles. The van der Waals surface area contributed by atoms with Crippen molar-refractivity contribution in [1.82, 2.24) is 0 Å². The molecule has 0 heterocycles. The van der Waals surface area contributed by atoms with Crippen LogP contribution in [-0.2, 0) is 11.0 Å². The summed E-state index contributed by atoms with van der Waals surface area (Å²) in [5.74, 6) is -0.979. The lowest BCUT2D eigenvalue weighted by Crippen LogP contribution is -2.24. The Morgan fingerprint density at radius 2 is 1.89 bits per heavy atom. The molecule has 1 atom stereocenters. The molecule has 5 nitrogen and oxygen atoms in total. The largest absolute Gasteiger partial charge is 0.416 e. The minimum Gasteiger partial charge on any atom is -0.367 e. The summed E-state index contributed by atoms with van der Waals surface area (Å²) in [4.78, 5) is 10.6. The maximum atomic E-state index is 12.2. The number of carbonyl (C=O) groups is 1. The Hall–Kier alpha value is -2.43. The number of hydrogen-bond acceptors (Lipinski definition) is 4. The first-order valence-corrected chi connectivity index (χ1v) is 4.61. The number of amides is 1. The molecule has 0 fully saturated rings. The van der Waals surface area contributed by atoms with Crippen LogP contribution in [0.3, 0.4) is 0 Å². The molecule has 0 aromatic heterocycles. The van der Waals surface area contributed by atoms with Crippen molar-refractivity contribution in [3.8, 4) is 6.07 Å². The molecular formula is C10H7F3N4O. The zero-order valence-electron chi connectivity index (χ0n) is 8.85. The summed E-state index contributed by atoms with van der Waals surface area (Å²) in [6, 6.07) is 3.82. The zero-order valence-corrected chi connectivity index (χ0v) is 8.85. The fourth-order valence-electron chi connectivity index (χ4n) is 0.988. The first kappa shape index (κ1) is 13.6. The number of rotatable bonds is 3. The molecule has 2 N–H and O–H groups in total. The van der Waals surface area contributed by atoms with Gasteiger partial charge in [-0.25, -0.2) is 0 Å². The normalized spacial score (nSPS) is 13.2. The minimum atomic E-state index is -4.43. The van der Waals surface area contributed by atoms with Gasteiger partial charge in [-0.1, -0.05) is 0 Å². The van der Waals surface area contributed by atoms with Crippen LogP contribution in [0.4, 0.5) is 18.9 Å². The summed E-state index contributed by atoms with van der Waals surface area (Å²) in [6.07, 6.45) is -4.43. The van der Waals surface area contributed by atoms with Crippen molar-refractivity contribution >= 4 is 11.6 Å². The molecule has 0 aliphatic heterocycles. The SMILES string of the molecule is N#CC(N=Nc1ccc(C(F)(F)F)cc1)C(N)=O. The van der Waals surface area contributed by atoms with Crippen LogP contribution in [0.5, 0.6) is 0 Å². The van der Waals surface area contributed by atoms with E-state index < -0.39 is 23.7 Å². The van der Waals surface area contributed by atoms with Crippen LogP contribution in [-0.4, -0.2) is 11.9 Å². The Bertz CT molecular complexity index is 501. The van der Waals surface area contributed by atoms with E-state index >= 15 is 0 Å². The van der Waals surface area contributed by atoms with Gasteiger partial charge in [0.05, 0.1) is 11.3 Å². The van der Waals surface area contributed by atoms with Crippen molar-refractivity contribution in [2.45, 2.75) is 12.2 Å². The van der Waals surface area contributed by atoms with Crippen LogP contribution in [0, 0.1) is 11.3 Å². The van der Waals surface area contributed by atoms with E-state index in [-0.39, 0.29) is 5.69 Å². The van der Waals surface area contributed by atoms with Crippen LogP contribution < -0.4 is 5.73 Å². The van der Waals surface area contributed by atoms with E-state index in [9.17, 15) is 18.0 Å². The highest BCUT2D eigenvalue weighted by molar-refractivity contribution is 5.82. The molecule has 1 aromatic carbocycles. The number of carbonyl (C=O) groups excluding carboxylic acids is 1. The Balaban J connectivity index is 2.85. The van der Waals surface area contributed by atoms with E-state index in [1.165, 1.54) is 6.07 Å². The van der Waals surface area contributed by atoms with E-state index in [1.807, 2.05) is 0 Å². The molecule has 0 aliphatic rings. The maximum Gasteiger partial charge on any atom is 0.416 e. The van der Waals surface area contributed by atoms with Gasteiger partial charge in [0, 0.05) is 0 Å². The molecular weight excluding hydrogens is 249 g/mol. The van der Waals surface area contributed by atoms with Gasteiger partial charge in [-0.05, 0) is 24.3 Å². The molecule has 94 valence electrons. The van der Waals surface area contributed by atoms with Crippen molar-refractivity contribution < 1.29 is 18.0 Å². The van der Waals surface area contributed by atoms with Crippen LogP contribution in [0.1, 0.15) is 5.56 Å². The predicted octanol–water partition coefficient (Wildman–Crippen LogP) is 2.17. The minimum absolute atomic E-state index is 0.0875. The van der Waals surface area contributed by atoms with Gasteiger partial charge in [0.1, 0.15) is 6.07 Å². The second-order valence-electron chi connectivity index (χ2n) is 3.19. The van der Waals surface area contributed by atoms with Crippen molar-refractivity contribution in [2.75, 3.05) is 0 Å². The van der Waals surface area contributed by atoms with E-state index in [0.717, 1.165) is 24.3 Å². The molecule has 0 aliphatic carbocycles. The second-order valence-corrected chi connectivity index (χ2v) is 3.19. The fraction of sp³-hybridized carbons (Fsp3) is 0.200. The van der Waals surface area contributed by atoms with Crippen LogP contribution in [0.25, 0.3) is 0 Å². The van der Waals surface area contributed by atoms with Crippen LogP contribution in [0.15, 0.2) is 34.5 Å². The number of nitrogens with two attached hydrogens (primary N) is 1. The van der Waals surface area contributed by atoms with Crippen molar-refractivity contribution in [3.05, 3.63) is 29.8 Å². The van der Waals surface area contributed by atoms with E-state index in [4.69, 9.17) is 11.0 Å². The average molecular weight is 256 g/mol. The highest BCUT2D eigenvalue weighted by Crippen LogP contribution is 2.30. The summed E-state index contributed by atoms with van der Waals surface area (Å²) in [5.41, 5.74) is 4.09. The van der Waals surface area contributed by atoms with Crippen LogP contribution >= 0.6 is 0 Å². The molecule has 0 spiro atoms. The molecule has 1 unspecified atom stereocenters. The van der Waals surface area contributed by atoms with Gasteiger partial charge >= 0.3 is 6.18 Å². The van der Waals surface area contributed by atoms with E-state index in [1.54, 1.807) is 0 Å². The smallest absolute Gasteiger partial charge is 0.367 e. The number of azo groups is 1. The number of nitrogens with zero attached hydrogens (tertiary/aromatic N) is 3. The number of nitriles is 1. The Kier molecular flexibility index (Phi) is 3.99. The highest BCUT2D eigenvalue weighted by atomic mass is 19.4. The van der Waals surface area contributed by atoms with Crippen molar-refractivity contribution in [2.24, 2.45) is 16.0 Å². The summed E-state index contributed by atoms with van der Waals surface area (Å²) in [5, 5.41) is 15.2. The summed E-state index contributed by atoms with van der Waals surface area (Å²) >= 11 is 0. The van der Waals surface area contributed by atoms with Gasteiger partial charge in [-0.15, -0.1) is 0 Å². The lowest BCUT2D eigenvalue weighted by molar-refractivity contribution is -0.137. The Morgan fingerprint density at radius 1 is 1.33 bits per heavy atom. The number of halogens is 3. The van der Waals surface area contributed by atoms with Gasteiger partial charge in [0.2, 0.25) is 6.04 Å². The average Bonchev–Trinajstić information content (AvgIpc) is 2.29. The second kappa shape index (κ2) is 5.27. The van der Waals surface area contributed by atoms with Gasteiger partial charge in [-0.2, -0.15) is 28.7 Å². The first-order valence-electron chi connectivity index (χ1n) is 4.61. The predicted molar refractivity (Wildman–Crippen MR) is 54.6 cm³/mol. The topological polar surface area (TPSA) is 91.6 Å². The van der Waals surface area contributed by atoms with Gasteiger partial charge in [0.15, 0.2) is 0 Å². The van der Waals surface area contributed by atoms with E-state index in [2.05, 4.69) is 10.2 Å². The first-order chi connectivity index (χ1) is 8.34. The van der Waals surface area contributed by atoms with Crippen molar-refractivity contribution in [1.29, 1.82) is 5.26 Å². The van der Waals surface area contributed by atoms with Gasteiger partial charge < -0.3 is 5.73 Å². The summed E-state index contributed by atoms with van der Waals surface area (Å²) in [7, 11) is 0. The standard InChI is InChI=1S/C10H7F3N4O/c11-10(12,13)6-1-3-7(4-2-6)16-17-8(5-14)9(15)18/h1-4,8H,(H2,15,18). The lowest BCUT2D eigenvalue weighted by atomic mass is 10.2. The summed E-state index contributed by atoms with van der Waals surface area (Å²) < 4.78 is 36.7. The molecule has 0 radical (unpaired) electrons. The maximum absolute atomic E-state index is 12.2. The molecule has 8 heteroatoms. The zero-order chi connectivity index (χ0) is 13.8. The van der Waals surface area contributed by atoms with Gasteiger partial charge in [0.25, 0.3) is 5.91 Å². The highest BCUT2D eigenvalue weighted by Gasteiger charge is 2.29. The molecule has 1 aromatic rings. The molecule has 1 rings (SSSR count). The monoisotopic (exact) mass is 256 g/mol. The molecule has 0 saturated carbocycles. The lowest BCUT2D eigenvalue weighted by Gasteiger charge is -2.05. The molecule has 0 bridgehead atoms. The fourth-order valence-corrected chi connectivity index (χ4v) is 0.988. The Labute approximate surface area is 99.7 Å². The molecule has 1 amide bonds. The number of benzene rings is 1. The summed E-state index contributed by atoms with van der Waals surface area (Å²) in [6.45, 7) is 0. The third kappa shape index (κ3) is 3.55. The number of alkyl halides is 3. The third-order valence-electron chi connectivity index (χ3n) is 1.88. The third-order valence-corrected chi connectivity index (χ3v) is 1.88. The van der Waals surface area contributed by atoms with Gasteiger partial charge in [-0.3, -0.25) is 4.79 Å². The number of primary amides is 1. The van der Waals surface area contributed by atoms with E-state index in [0.29, 0.717) is 0 Å².